The molecule has 0 fully saturated rings. The van der Waals surface area contributed by atoms with Gasteiger partial charge in [-0.1, -0.05) is 36.4 Å². The highest BCUT2D eigenvalue weighted by Gasteiger charge is 2.34. The van der Waals surface area contributed by atoms with Crippen molar-refractivity contribution in [2.24, 2.45) is 0 Å². The van der Waals surface area contributed by atoms with Crippen molar-refractivity contribution in [2.75, 3.05) is 11.5 Å². The Kier molecular flexibility index (Phi) is 5.26. The second-order valence-corrected chi connectivity index (χ2v) is 6.58. The highest BCUT2D eigenvalue weighted by Crippen LogP contribution is 2.32. The number of nitrogens with zero attached hydrogens (tertiary/aromatic N) is 1. The minimum Gasteiger partial charge on any atom is -0.482 e. The minimum atomic E-state index is -0.864. The van der Waals surface area contributed by atoms with Crippen molar-refractivity contribution in [1.82, 2.24) is 0 Å². The van der Waals surface area contributed by atoms with Gasteiger partial charge in [0.25, 0.3) is 5.91 Å². The molecular formula is C21H23NO4. The number of carbonyl (C=O) groups is 2. The van der Waals surface area contributed by atoms with Crippen molar-refractivity contribution in [3.8, 4) is 5.75 Å². The first-order valence-electron chi connectivity index (χ1n) is 8.76. The number of esters is 1. The molecule has 136 valence electrons. The lowest BCUT2D eigenvalue weighted by Gasteiger charge is -2.25. The summed E-state index contributed by atoms with van der Waals surface area (Å²) in [5, 5.41) is 0. The molecule has 2 aromatic rings. The smallest absolute Gasteiger partial charge is 0.344 e. The van der Waals surface area contributed by atoms with E-state index in [-0.39, 0.29) is 18.6 Å². The van der Waals surface area contributed by atoms with Crippen LogP contribution in [0.4, 0.5) is 5.69 Å². The van der Waals surface area contributed by atoms with Gasteiger partial charge in [-0.05, 0) is 50.5 Å². The first kappa shape index (κ1) is 18.0. The second-order valence-electron chi connectivity index (χ2n) is 6.58. The molecule has 0 saturated heterocycles. The molecule has 1 heterocycles. The lowest BCUT2D eigenvalue weighted by atomic mass is 10.1. The summed E-state index contributed by atoms with van der Waals surface area (Å²) < 4.78 is 10.8. The van der Waals surface area contributed by atoms with Gasteiger partial charge in [-0.2, -0.15) is 0 Å². The normalized spacial score (nSPS) is 16.7. The van der Waals surface area contributed by atoms with Crippen molar-refractivity contribution in [1.29, 1.82) is 0 Å². The lowest BCUT2D eigenvalue weighted by molar-refractivity contribution is -0.155. The molecule has 2 aromatic carbocycles. The Morgan fingerprint density at radius 3 is 2.62 bits per heavy atom. The molecule has 0 aliphatic carbocycles. The summed E-state index contributed by atoms with van der Waals surface area (Å²) in [5.74, 6) is -0.147. The van der Waals surface area contributed by atoms with E-state index in [2.05, 4.69) is 0 Å². The number of aryl methyl sites for hydroxylation is 1. The van der Waals surface area contributed by atoms with Crippen molar-refractivity contribution in [3.63, 3.8) is 0 Å². The lowest BCUT2D eigenvalue weighted by Crippen LogP contribution is -2.43. The predicted octanol–water partition coefficient (Wildman–Crippen LogP) is 3.28. The monoisotopic (exact) mass is 353 g/mol. The second kappa shape index (κ2) is 7.60. The van der Waals surface area contributed by atoms with E-state index in [0.29, 0.717) is 5.75 Å². The van der Waals surface area contributed by atoms with Gasteiger partial charge in [0.1, 0.15) is 5.75 Å². The quantitative estimate of drug-likeness (QED) is 0.774. The van der Waals surface area contributed by atoms with E-state index in [9.17, 15) is 9.59 Å². The minimum absolute atomic E-state index is 0.0456. The molecule has 0 unspecified atom stereocenters. The van der Waals surface area contributed by atoms with E-state index in [0.717, 1.165) is 23.2 Å². The van der Waals surface area contributed by atoms with Gasteiger partial charge in [-0.15, -0.1) is 0 Å². The zero-order valence-corrected chi connectivity index (χ0v) is 15.3. The third kappa shape index (κ3) is 3.72. The largest absolute Gasteiger partial charge is 0.482 e. The maximum Gasteiger partial charge on any atom is 0.344 e. The number of amides is 1. The Bertz CT molecular complexity index is 817. The third-order valence-electron chi connectivity index (χ3n) is 4.54. The Morgan fingerprint density at radius 2 is 1.85 bits per heavy atom. The Labute approximate surface area is 153 Å². The number of hydrogen-bond acceptors (Lipinski definition) is 4. The Hall–Kier alpha value is -2.82. The van der Waals surface area contributed by atoms with Crippen LogP contribution in [0.2, 0.25) is 0 Å². The molecule has 0 aromatic heterocycles. The van der Waals surface area contributed by atoms with Crippen LogP contribution < -0.4 is 9.64 Å². The van der Waals surface area contributed by atoms with Crippen LogP contribution in [0, 0.1) is 6.92 Å². The van der Waals surface area contributed by atoms with Crippen LogP contribution in [0.1, 0.15) is 25.0 Å². The fourth-order valence-electron chi connectivity index (χ4n) is 3.23. The van der Waals surface area contributed by atoms with Gasteiger partial charge in [-0.3, -0.25) is 4.79 Å². The van der Waals surface area contributed by atoms with Crippen LogP contribution in [0.15, 0.2) is 48.5 Å². The van der Waals surface area contributed by atoms with Crippen LogP contribution in [0.5, 0.6) is 5.75 Å². The highest BCUT2D eigenvalue weighted by atomic mass is 16.6. The highest BCUT2D eigenvalue weighted by molar-refractivity contribution is 5.99. The first-order valence-corrected chi connectivity index (χ1v) is 8.76. The third-order valence-corrected chi connectivity index (χ3v) is 4.54. The molecule has 0 N–H and O–H groups in total. The molecule has 0 saturated carbocycles. The number of anilines is 1. The molecule has 0 spiro atoms. The molecule has 0 radical (unpaired) electrons. The molecule has 3 rings (SSSR count). The van der Waals surface area contributed by atoms with Gasteiger partial charge in [0, 0.05) is 11.7 Å². The number of benzene rings is 2. The molecular weight excluding hydrogens is 330 g/mol. The van der Waals surface area contributed by atoms with Crippen molar-refractivity contribution >= 4 is 17.6 Å². The van der Waals surface area contributed by atoms with Gasteiger partial charge in [0.05, 0.1) is 0 Å². The summed E-state index contributed by atoms with van der Waals surface area (Å²) >= 11 is 0. The van der Waals surface area contributed by atoms with Gasteiger partial charge in [-0.25, -0.2) is 4.79 Å². The number of hydrogen-bond donors (Lipinski definition) is 0. The van der Waals surface area contributed by atoms with Gasteiger partial charge >= 0.3 is 5.97 Å². The van der Waals surface area contributed by atoms with E-state index in [1.54, 1.807) is 17.9 Å². The van der Waals surface area contributed by atoms with Crippen LogP contribution >= 0.6 is 0 Å². The topological polar surface area (TPSA) is 55.8 Å². The average molecular weight is 353 g/mol. The van der Waals surface area contributed by atoms with E-state index < -0.39 is 12.1 Å². The molecule has 1 aliphatic heterocycles. The van der Waals surface area contributed by atoms with Crippen LogP contribution in [-0.2, 0) is 20.7 Å². The van der Waals surface area contributed by atoms with E-state index in [1.165, 1.54) is 0 Å². The van der Waals surface area contributed by atoms with Crippen LogP contribution in [0.3, 0.4) is 0 Å². The Balaban J connectivity index is 1.59. The van der Waals surface area contributed by atoms with Gasteiger partial charge in [0.2, 0.25) is 0 Å². The maximum atomic E-state index is 12.8. The Morgan fingerprint density at radius 1 is 1.15 bits per heavy atom. The standard InChI is InChI=1S/C21H23NO4/c1-14-8-4-7-11-19(14)25-13-20(23)26-16(3)21(24)22-15(2)12-17-9-5-6-10-18(17)22/h4-11,15-16H,12-13H2,1-3H3/t15-,16+/m0/s1. The summed E-state index contributed by atoms with van der Waals surface area (Å²) in [6.07, 6.45) is -0.0597. The van der Waals surface area contributed by atoms with E-state index in [1.807, 2.05) is 56.3 Å². The molecule has 26 heavy (non-hydrogen) atoms. The fourth-order valence-corrected chi connectivity index (χ4v) is 3.23. The first-order chi connectivity index (χ1) is 12.5. The fraction of sp³-hybridized carbons (Fsp3) is 0.333. The molecule has 0 bridgehead atoms. The number of ether oxygens (including phenoxy) is 2. The summed E-state index contributed by atoms with van der Waals surface area (Å²) in [4.78, 5) is 26.6. The average Bonchev–Trinajstić information content (AvgIpc) is 2.96. The van der Waals surface area contributed by atoms with Gasteiger partial charge < -0.3 is 14.4 Å². The zero-order chi connectivity index (χ0) is 18.7. The molecule has 5 nitrogen and oxygen atoms in total. The summed E-state index contributed by atoms with van der Waals surface area (Å²) in [6, 6.07) is 15.3. The zero-order valence-electron chi connectivity index (χ0n) is 15.3. The SMILES string of the molecule is Cc1ccccc1OCC(=O)O[C@H](C)C(=O)N1c2ccccc2C[C@@H]1C. The molecule has 2 atom stereocenters. The van der Waals surface area contributed by atoms with E-state index >= 15 is 0 Å². The molecule has 1 amide bonds. The number of carbonyl (C=O) groups excluding carboxylic acids is 2. The molecule has 5 heteroatoms. The number of rotatable bonds is 5. The van der Waals surface area contributed by atoms with Crippen LogP contribution in [0.25, 0.3) is 0 Å². The number of fused-ring (bicyclic) bond motifs is 1. The van der Waals surface area contributed by atoms with Crippen molar-refractivity contribution in [3.05, 3.63) is 59.7 Å². The van der Waals surface area contributed by atoms with E-state index in [4.69, 9.17) is 9.47 Å². The number of para-hydroxylation sites is 2. The van der Waals surface area contributed by atoms with Crippen molar-refractivity contribution < 1.29 is 19.1 Å². The summed E-state index contributed by atoms with van der Waals surface area (Å²) in [6.45, 7) is 5.27. The summed E-state index contributed by atoms with van der Waals surface area (Å²) in [5.41, 5.74) is 2.96. The predicted molar refractivity (Wildman–Crippen MR) is 99.3 cm³/mol. The summed E-state index contributed by atoms with van der Waals surface area (Å²) in [7, 11) is 0. The maximum absolute atomic E-state index is 12.8. The molecule has 1 aliphatic rings. The van der Waals surface area contributed by atoms with Crippen LogP contribution in [-0.4, -0.2) is 30.6 Å². The van der Waals surface area contributed by atoms with Gasteiger partial charge in [0.15, 0.2) is 12.7 Å². The van der Waals surface area contributed by atoms with Crippen molar-refractivity contribution in [2.45, 2.75) is 39.3 Å².